The Kier molecular flexibility index (Phi) is 3.31. The molecule has 1 aromatic rings. The van der Waals surface area contributed by atoms with Crippen molar-refractivity contribution in [3.05, 3.63) is 35.4 Å². The predicted molar refractivity (Wildman–Crippen MR) is 66.7 cm³/mol. The fourth-order valence-corrected chi connectivity index (χ4v) is 2.38. The molecule has 0 aromatic heterocycles. The summed E-state index contributed by atoms with van der Waals surface area (Å²) in [5.41, 5.74) is 2.96. The van der Waals surface area contributed by atoms with Crippen LogP contribution in [0.25, 0.3) is 0 Å². The van der Waals surface area contributed by atoms with Crippen molar-refractivity contribution in [3.63, 3.8) is 0 Å². The van der Waals surface area contributed by atoms with Crippen molar-refractivity contribution in [2.24, 2.45) is 0 Å². The van der Waals surface area contributed by atoms with Gasteiger partial charge in [0.1, 0.15) is 0 Å². The first-order valence-corrected chi connectivity index (χ1v) is 6.01. The number of hydrogen-bond donors (Lipinski definition) is 1. The van der Waals surface area contributed by atoms with Crippen molar-refractivity contribution < 1.29 is 4.74 Å². The Morgan fingerprint density at radius 2 is 2.12 bits per heavy atom. The Bertz CT molecular complexity index is 360. The molecule has 2 rings (SSSR count). The Morgan fingerprint density at radius 1 is 1.38 bits per heavy atom. The molecule has 1 aromatic carbocycles. The second kappa shape index (κ2) is 4.56. The van der Waals surface area contributed by atoms with E-state index in [2.05, 4.69) is 43.4 Å². The van der Waals surface area contributed by atoms with Gasteiger partial charge in [0.05, 0.1) is 12.7 Å². The van der Waals surface area contributed by atoms with Gasteiger partial charge in [0.2, 0.25) is 0 Å². The van der Waals surface area contributed by atoms with Gasteiger partial charge in [0.25, 0.3) is 0 Å². The Balaban J connectivity index is 2.28. The number of benzene rings is 1. The molecule has 0 radical (unpaired) electrons. The van der Waals surface area contributed by atoms with E-state index < -0.39 is 0 Å². The quantitative estimate of drug-likeness (QED) is 0.844. The molecular weight excluding hydrogens is 198 g/mol. The molecule has 16 heavy (non-hydrogen) atoms. The molecule has 0 amide bonds. The van der Waals surface area contributed by atoms with Crippen molar-refractivity contribution >= 4 is 0 Å². The number of rotatable bonds is 3. The standard InChI is InChI=1S/C14H21NO/c1-14(2)10-16-13(8-9-15-3)11-6-4-5-7-12(11)14/h4-7,13,15H,8-10H2,1-3H3/t13-/m0/s1. The Hall–Kier alpha value is -0.860. The third-order valence-electron chi connectivity index (χ3n) is 3.34. The molecular formula is C14H21NO. The lowest BCUT2D eigenvalue weighted by Crippen LogP contribution is -2.33. The first kappa shape index (κ1) is 11.6. The number of ether oxygens (including phenoxy) is 1. The van der Waals surface area contributed by atoms with Crippen molar-refractivity contribution in [1.82, 2.24) is 5.32 Å². The summed E-state index contributed by atoms with van der Waals surface area (Å²) in [7, 11) is 1.98. The average Bonchev–Trinajstić information content (AvgIpc) is 2.29. The highest BCUT2D eigenvalue weighted by molar-refractivity contribution is 5.36. The van der Waals surface area contributed by atoms with Gasteiger partial charge in [0.15, 0.2) is 0 Å². The van der Waals surface area contributed by atoms with Crippen LogP contribution in [0.4, 0.5) is 0 Å². The first-order valence-electron chi connectivity index (χ1n) is 6.01. The summed E-state index contributed by atoms with van der Waals surface area (Å²) in [4.78, 5) is 0. The topological polar surface area (TPSA) is 21.3 Å². The van der Waals surface area contributed by atoms with Gasteiger partial charge in [0, 0.05) is 5.41 Å². The second-order valence-corrected chi connectivity index (χ2v) is 5.16. The van der Waals surface area contributed by atoms with Crippen LogP contribution in [0.15, 0.2) is 24.3 Å². The average molecular weight is 219 g/mol. The number of nitrogens with one attached hydrogen (secondary N) is 1. The van der Waals surface area contributed by atoms with Crippen molar-refractivity contribution in [2.75, 3.05) is 20.2 Å². The summed E-state index contributed by atoms with van der Waals surface area (Å²) in [6.07, 6.45) is 1.31. The molecule has 1 heterocycles. The van der Waals surface area contributed by atoms with E-state index in [0.29, 0.717) is 0 Å². The minimum Gasteiger partial charge on any atom is -0.373 e. The Morgan fingerprint density at radius 3 is 2.88 bits per heavy atom. The molecule has 0 saturated heterocycles. The van der Waals surface area contributed by atoms with E-state index in [1.165, 1.54) is 11.1 Å². The van der Waals surface area contributed by atoms with E-state index in [9.17, 15) is 0 Å². The third kappa shape index (κ3) is 2.13. The number of fused-ring (bicyclic) bond motifs is 1. The van der Waals surface area contributed by atoms with Crippen LogP contribution in [0.3, 0.4) is 0 Å². The van der Waals surface area contributed by atoms with Gasteiger partial charge in [-0.2, -0.15) is 0 Å². The van der Waals surface area contributed by atoms with Crippen LogP contribution in [-0.4, -0.2) is 20.2 Å². The van der Waals surface area contributed by atoms with Gasteiger partial charge in [-0.1, -0.05) is 38.1 Å². The lowest BCUT2D eigenvalue weighted by Gasteiger charge is -2.37. The van der Waals surface area contributed by atoms with E-state index in [-0.39, 0.29) is 11.5 Å². The summed E-state index contributed by atoms with van der Waals surface area (Å²) >= 11 is 0. The lowest BCUT2D eigenvalue weighted by molar-refractivity contribution is 0.00257. The van der Waals surface area contributed by atoms with Crippen molar-refractivity contribution in [3.8, 4) is 0 Å². The highest BCUT2D eigenvalue weighted by Gasteiger charge is 2.32. The fourth-order valence-electron chi connectivity index (χ4n) is 2.38. The minimum absolute atomic E-state index is 0.146. The maximum Gasteiger partial charge on any atom is 0.0840 e. The number of hydrogen-bond acceptors (Lipinski definition) is 2. The van der Waals surface area contributed by atoms with Gasteiger partial charge in [-0.25, -0.2) is 0 Å². The molecule has 1 aliphatic rings. The molecule has 88 valence electrons. The zero-order valence-electron chi connectivity index (χ0n) is 10.4. The lowest BCUT2D eigenvalue weighted by atomic mass is 9.78. The van der Waals surface area contributed by atoms with Crippen LogP contribution in [0, 0.1) is 0 Å². The normalized spacial score (nSPS) is 22.8. The monoisotopic (exact) mass is 219 g/mol. The van der Waals surface area contributed by atoms with Gasteiger partial charge in [-0.15, -0.1) is 0 Å². The molecule has 1 aliphatic heterocycles. The zero-order valence-corrected chi connectivity index (χ0v) is 10.4. The van der Waals surface area contributed by atoms with Gasteiger partial charge in [-0.3, -0.25) is 0 Å². The molecule has 0 saturated carbocycles. The molecule has 1 N–H and O–H groups in total. The van der Waals surface area contributed by atoms with Crippen molar-refractivity contribution in [1.29, 1.82) is 0 Å². The molecule has 2 nitrogen and oxygen atoms in total. The summed E-state index contributed by atoms with van der Waals surface area (Å²) in [5.74, 6) is 0. The molecule has 0 aliphatic carbocycles. The van der Waals surface area contributed by atoms with Crippen LogP contribution < -0.4 is 5.32 Å². The van der Waals surface area contributed by atoms with E-state index in [1.54, 1.807) is 0 Å². The van der Waals surface area contributed by atoms with E-state index in [4.69, 9.17) is 4.74 Å². The summed E-state index contributed by atoms with van der Waals surface area (Å²) in [5, 5.41) is 3.19. The molecule has 1 atom stereocenters. The molecule has 0 fully saturated rings. The van der Waals surface area contributed by atoms with E-state index in [0.717, 1.165) is 19.6 Å². The van der Waals surface area contributed by atoms with Crippen LogP contribution in [0.5, 0.6) is 0 Å². The van der Waals surface area contributed by atoms with Crippen LogP contribution in [0.2, 0.25) is 0 Å². The third-order valence-corrected chi connectivity index (χ3v) is 3.34. The van der Waals surface area contributed by atoms with Crippen LogP contribution in [0.1, 0.15) is 37.5 Å². The van der Waals surface area contributed by atoms with Gasteiger partial charge >= 0.3 is 0 Å². The van der Waals surface area contributed by atoms with E-state index >= 15 is 0 Å². The molecule has 0 unspecified atom stereocenters. The van der Waals surface area contributed by atoms with Crippen molar-refractivity contribution in [2.45, 2.75) is 31.8 Å². The van der Waals surface area contributed by atoms with Gasteiger partial charge < -0.3 is 10.1 Å². The molecule has 0 spiro atoms. The first-order chi connectivity index (χ1) is 7.65. The van der Waals surface area contributed by atoms with Gasteiger partial charge in [-0.05, 0) is 31.1 Å². The smallest absolute Gasteiger partial charge is 0.0840 e. The Labute approximate surface area is 98.0 Å². The van der Waals surface area contributed by atoms with Crippen LogP contribution >= 0.6 is 0 Å². The summed E-state index contributed by atoms with van der Waals surface area (Å²) in [6.45, 7) is 6.32. The SMILES string of the molecule is CNCC[C@@H]1OCC(C)(C)c2ccccc21. The fraction of sp³-hybridized carbons (Fsp3) is 0.571. The molecule has 2 heteroatoms. The summed E-state index contributed by atoms with van der Waals surface area (Å²) < 4.78 is 5.98. The maximum absolute atomic E-state index is 5.98. The van der Waals surface area contributed by atoms with E-state index in [1.807, 2.05) is 7.05 Å². The maximum atomic E-state index is 5.98. The largest absolute Gasteiger partial charge is 0.373 e. The predicted octanol–water partition coefficient (Wildman–Crippen LogP) is 2.65. The highest BCUT2D eigenvalue weighted by atomic mass is 16.5. The summed E-state index contributed by atoms with van der Waals surface area (Å²) in [6, 6.07) is 8.68. The minimum atomic E-state index is 0.146. The second-order valence-electron chi connectivity index (χ2n) is 5.16. The zero-order chi connectivity index (χ0) is 11.6. The molecule has 0 bridgehead atoms. The highest BCUT2D eigenvalue weighted by Crippen LogP contribution is 2.38. The van der Waals surface area contributed by atoms with Crippen LogP contribution in [-0.2, 0) is 10.2 Å².